The molecule has 4 unspecified atom stereocenters. The van der Waals surface area contributed by atoms with Crippen LogP contribution >= 0.6 is 0 Å². The summed E-state index contributed by atoms with van der Waals surface area (Å²) in [4.78, 5) is 26.3. The highest BCUT2D eigenvalue weighted by molar-refractivity contribution is 6.06. The molecule has 6 heteroatoms. The zero-order valence-electron chi connectivity index (χ0n) is 11.8. The second-order valence-electron chi connectivity index (χ2n) is 5.53. The summed E-state index contributed by atoms with van der Waals surface area (Å²) in [5.41, 5.74) is 0.997. The van der Waals surface area contributed by atoms with Gasteiger partial charge in [0.1, 0.15) is 0 Å². The quantitative estimate of drug-likeness (QED) is 0.405. The molecule has 0 spiro atoms. The van der Waals surface area contributed by atoms with Gasteiger partial charge in [-0.05, 0) is 25.6 Å². The van der Waals surface area contributed by atoms with Crippen LogP contribution in [0.2, 0.25) is 0 Å². The number of hydrogen-bond donors (Lipinski definition) is 1. The Morgan fingerprint density at radius 3 is 2.80 bits per heavy atom. The van der Waals surface area contributed by atoms with Crippen LogP contribution < -0.4 is 5.32 Å². The Balaban J connectivity index is 1.74. The van der Waals surface area contributed by atoms with Crippen LogP contribution in [-0.4, -0.2) is 62.8 Å². The van der Waals surface area contributed by atoms with Gasteiger partial charge in [-0.2, -0.15) is 0 Å². The van der Waals surface area contributed by atoms with Crippen LogP contribution in [0.3, 0.4) is 0 Å². The van der Waals surface area contributed by atoms with E-state index < -0.39 is 0 Å². The third-order valence-corrected chi connectivity index (χ3v) is 4.34. The number of methoxy groups -OCH3 is 1. The Hall–Kier alpha value is -1.24. The number of ether oxygens (including phenoxy) is 2. The smallest absolute Gasteiger partial charge is 0.236 e. The third kappa shape index (κ3) is 1.90. The van der Waals surface area contributed by atoms with Gasteiger partial charge in [-0.25, -0.2) is 0 Å². The number of nitrogens with zero attached hydrogens (tertiary/aromatic N) is 1. The second kappa shape index (κ2) is 5.27. The van der Waals surface area contributed by atoms with Crippen molar-refractivity contribution in [3.05, 3.63) is 11.6 Å². The van der Waals surface area contributed by atoms with Crippen LogP contribution in [0.1, 0.15) is 6.42 Å². The van der Waals surface area contributed by atoms with Crippen molar-refractivity contribution in [2.45, 2.75) is 18.6 Å². The van der Waals surface area contributed by atoms with Gasteiger partial charge in [0.2, 0.25) is 11.8 Å². The lowest BCUT2D eigenvalue weighted by Crippen LogP contribution is -2.36. The number of hydrogen-bond acceptors (Lipinski definition) is 5. The molecule has 0 aromatic heterocycles. The number of carbonyl (C=O) groups excluding carboxylic acids is 2. The monoisotopic (exact) mass is 280 g/mol. The van der Waals surface area contributed by atoms with Gasteiger partial charge in [0, 0.05) is 13.7 Å². The summed E-state index contributed by atoms with van der Waals surface area (Å²) in [5.74, 6) is -0.804. The first kappa shape index (κ1) is 13.7. The Morgan fingerprint density at radius 2 is 2.10 bits per heavy atom. The molecule has 3 rings (SSSR count). The van der Waals surface area contributed by atoms with Gasteiger partial charge in [-0.1, -0.05) is 6.08 Å². The van der Waals surface area contributed by atoms with Crippen molar-refractivity contribution >= 4 is 11.8 Å². The molecule has 0 saturated carbocycles. The van der Waals surface area contributed by atoms with E-state index in [0.717, 1.165) is 18.5 Å². The standard InChI is InChI=1S/C14H20N2O4/c1-15-4-3-5-16-13(17)10-9-6-8(7-19-2)12(20-9)11(10)14(16)18/h6,9-12,15H,3-5,7H2,1-2H3. The highest BCUT2D eigenvalue weighted by Crippen LogP contribution is 2.47. The maximum atomic E-state index is 12.5. The molecule has 1 N–H and O–H groups in total. The molecule has 6 nitrogen and oxygen atoms in total. The number of imide groups is 1. The Kier molecular flexibility index (Phi) is 3.62. The molecular weight excluding hydrogens is 260 g/mol. The topological polar surface area (TPSA) is 67.9 Å². The first-order valence-electron chi connectivity index (χ1n) is 7.04. The second-order valence-corrected chi connectivity index (χ2v) is 5.53. The summed E-state index contributed by atoms with van der Waals surface area (Å²) in [5, 5.41) is 3.02. The summed E-state index contributed by atoms with van der Waals surface area (Å²) >= 11 is 0. The van der Waals surface area contributed by atoms with Crippen LogP contribution in [-0.2, 0) is 19.1 Å². The number of fused-ring (bicyclic) bond motifs is 5. The fraction of sp³-hybridized carbons (Fsp3) is 0.714. The molecule has 0 radical (unpaired) electrons. The SMILES string of the molecule is CNCCCN1C(=O)C2C3C=C(COC)C(O3)C2C1=O. The molecule has 2 bridgehead atoms. The Bertz CT molecular complexity index is 462. The number of carbonyl (C=O) groups is 2. The van der Waals surface area contributed by atoms with E-state index in [-0.39, 0.29) is 35.9 Å². The van der Waals surface area contributed by atoms with Crippen molar-refractivity contribution in [1.82, 2.24) is 10.2 Å². The number of nitrogens with one attached hydrogen (secondary N) is 1. The highest BCUT2D eigenvalue weighted by atomic mass is 16.5. The van der Waals surface area contributed by atoms with E-state index in [0.29, 0.717) is 13.2 Å². The average molecular weight is 280 g/mol. The van der Waals surface area contributed by atoms with Crippen LogP contribution in [0.25, 0.3) is 0 Å². The minimum atomic E-state index is -0.336. The van der Waals surface area contributed by atoms with E-state index in [1.165, 1.54) is 4.90 Å². The number of rotatable bonds is 6. The molecule has 0 aliphatic carbocycles. The molecule has 20 heavy (non-hydrogen) atoms. The normalized spacial score (nSPS) is 34.9. The fourth-order valence-electron chi connectivity index (χ4n) is 3.48. The molecule has 110 valence electrons. The maximum absolute atomic E-state index is 12.5. The van der Waals surface area contributed by atoms with Gasteiger partial charge < -0.3 is 14.8 Å². The van der Waals surface area contributed by atoms with Crippen LogP contribution in [0, 0.1) is 11.8 Å². The van der Waals surface area contributed by atoms with E-state index in [2.05, 4.69) is 5.32 Å². The predicted molar refractivity (Wildman–Crippen MR) is 70.9 cm³/mol. The van der Waals surface area contributed by atoms with Crippen molar-refractivity contribution in [2.24, 2.45) is 11.8 Å². The zero-order chi connectivity index (χ0) is 14.3. The summed E-state index contributed by atoms with van der Waals surface area (Å²) in [7, 11) is 3.48. The van der Waals surface area contributed by atoms with Gasteiger partial charge >= 0.3 is 0 Å². The van der Waals surface area contributed by atoms with E-state index in [1.54, 1.807) is 7.11 Å². The van der Waals surface area contributed by atoms with Crippen molar-refractivity contribution in [1.29, 1.82) is 0 Å². The van der Waals surface area contributed by atoms with Crippen LogP contribution in [0.5, 0.6) is 0 Å². The predicted octanol–water partition coefficient (Wildman–Crippen LogP) is -0.449. The van der Waals surface area contributed by atoms with Gasteiger partial charge in [0.15, 0.2) is 0 Å². The minimum Gasteiger partial charge on any atom is -0.380 e. The Morgan fingerprint density at radius 1 is 1.35 bits per heavy atom. The molecule has 3 heterocycles. The van der Waals surface area contributed by atoms with Crippen molar-refractivity contribution in [2.75, 3.05) is 33.9 Å². The molecule has 2 fully saturated rings. The van der Waals surface area contributed by atoms with Gasteiger partial charge in [0.05, 0.1) is 30.7 Å². The third-order valence-electron chi connectivity index (χ3n) is 4.34. The summed E-state index contributed by atoms with van der Waals surface area (Å²) in [6.45, 7) is 1.75. The van der Waals surface area contributed by atoms with Crippen LogP contribution in [0.15, 0.2) is 11.6 Å². The average Bonchev–Trinajstić information content (AvgIpc) is 3.06. The molecule has 2 amide bonds. The molecule has 2 saturated heterocycles. The molecule has 3 aliphatic heterocycles. The largest absolute Gasteiger partial charge is 0.380 e. The summed E-state index contributed by atoms with van der Waals surface area (Å²) in [6, 6.07) is 0. The lowest BCUT2D eigenvalue weighted by atomic mass is 9.81. The first-order chi connectivity index (χ1) is 9.69. The summed E-state index contributed by atoms with van der Waals surface area (Å²) in [6.07, 6.45) is 2.22. The zero-order valence-corrected chi connectivity index (χ0v) is 11.8. The summed E-state index contributed by atoms with van der Waals surface area (Å²) < 4.78 is 10.9. The van der Waals surface area contributed by atoms with Crippen molar-refractivity contribution < 1.29 is 19.1 Å². The van der Waals surface area contributed by atoms with E-state index in [1.807, 2.05) is 13.1 Å². The number of likely N-dealkylation sites (tertiary alicyclic amines) is 1. The lowest BCUT2D eigenvalue weighted by Gasteiger charge is -2.19. The fourth-order valence-corrected chi connectivity index (χ4v) is 3.48. The van der Waals surface area contributed by atoms with E-state index in [4.69, 9.17) is 9.47 Å². The van der Waals surface area contributed by atoms with Crippen molar-refractivity contribution in [3.8, 4) is 0 Å². The molecular formula is C14H20N2O4. The van der Waals surface area contributed by atoms with E-state index in [9.17, 15) is 9.59 Å². The van der Waals surface area contributed by atoms with E-state index >= 15 is 0 Å². The van der Waals surface area contributed by atoms with Gasteiger partial charge in [0.25, 0.3) is 0 Å². The Labute approximate surface area is 118 Å². The lowest BCUT2D eigenvalue weighted by molar-refractivity contribution is -0.142. The highest BCUT2D eigenvalue weighted by Gasteiger charge is 2.62. The molecule has 3 aliphatic rings. The minimum absolute atomic E-state index is 0.0729. The molecule has 4 atom stereocenters. The molecule has 0 aromatic carbocycles. The first-order valence-corrected chi connectivity index (χ1v) is 7.04. The van der Waals surface area contributed by atoms with Gasteiger partial charge in [-0.3, -0.25) is 14.5 Å². The van der Waals surface area contributed by atoms with Crippen molar-refractivity contribution in [3.63, 3.8) is 0 Å². The molecule has 0 aromatic rings. The maximum Gasteiger partial charge on any atom is 0.236 e. The van der Waals surface area contributed by atoms with Gasteiger partial charge in [-0.15, -0.1) is 0 Å². The van der Waals surface area contributed by atoms with Crippen LogP contribution in [0.4, 0.5) is 0 Å². The number of amides is 2.